The Morgan fingerprint density at radius 3 is 2.48 bits per heavy atom. The molecule has 27 heavy (non-hydrogen) atoms. The molecule has 2 atom stereocenters. The number of rotatable bonds is 6. The van der Waals surface area contributed by atoms with Gasteiger partial charge in [-0.25, -0.2) is 8.78 Å². The van der Waals surface area contributed by atoms with Crippen LogP contribution < -0.4 is 5.32 Å². The van der Waals surface area contributed by atoms with Crippen molar-refractivity contribution in [2.24, 2.45) is 0 Å². The molecule has 1 aliphatic heterocycles. The predicted octanol–water partition coefficient (Wildman–Crippen LogP) is 2.40. The molecule has 1 fully saturated rings. The average Bonchev–Trinajstić information content (AvgIpc) is 3.15. The SMILES string of the molecule is O=CN1CCCC1C(=O)NC(CO)c1ccc(-c2c(F)cccc2F)cc1. The van der Waals surface area contributed by atoms with Crippen molar-refractivity contribution in [1.29, 1.82) is 0 Å². The van der Waals surface area contributed by atoms with Gasteiger partial charge in [0.05, 0.1) is 18.2 Å². The summed E-state index contributed by atoms with van der Waals surface area (Å²) < 4.78 is 27.8. The second kappa shape index (κ2) is 8.26. The standard InChI is InChI=1S/C20H20F2N2O3/c21-15-3-1-4-16(22)19(15)14-8-6-13(7-9-14)17(11-25)23-20(27)18-5-2-10-24(18)12-26/h1,3-4,6-9,12,17-18,25H,2,5,10-11H2,(H,23,27). The number of carbonyl (C=O) groups is 2. The van der Waals surface area contributed by atoms with Gasteiger partial charge in [-0.2, -0.15) is 0 Å². The van der Waals surface area contributed by atoms with Crippen molar-refractivity contribution >= 4 is 12.3 Å². The molecular formula is C20H20F2N2O3. The molecule has 0 aliphatic carbocycles. The summed E-state index contributed by atoms with van der Waals surface area (Å²) >= 11 is 0. The van der Waals surface area contributed by atoms with Gasteiger partial charge in [0.15, 0.2) is 0 Å². The van der Waals surface area contributed by atoms with Crippen LogP contribution in [0.4, 0.5) is 8.78 Å². The van der Waals surface area contributed by atoms with Crippen molar-refractivity contribution in [2.75, 3.05) is 13.2 Å². The van der Waals surface area contributed by atoms with Gasteiger partial charge in [-0.15, -0.1) is 0 Å². The van der Waals surface area contributed by atoms with Crippen LogP contribution in [0.3, 0.4) is 0 Å². The lowest BCUT2D eigenvalue weighted by atomic mass is 10.00. The normalized spacial score (nSPS) is 17.6. The molecule has 2 aromatic carbocycles. The van der Waals surface area contributed by atoms with E-state index in [1.165, 1.54) is 23.1 Å². The molecule has 3 rings (SSSR count). The largest absolute Gasteiger partial charge is 0.394 e. The second-order valence-electron chi connectivity index (χ2n) is 6.46. The van der Waals surface area contributed by atoms with Crippen LogP contribution in [0.25, 0.3) is 11.1 Å². The van der Waals surface area contributed by atoms with Gasteiger partial charge in [0.2, 0.25) is 12.3 Å². The Kier molecular flexibility index (Phi) is 5.81. The zero-order chi connectivity index (χ0) is 19.4. The third-order valence-corrected chi connectivity index (χ3v) is 4.80. The Morgan fingerprint density at radius 2 is 1.89 bits per heavy atom. The maximum Gasteiger partial charge on any atom is 0.243 e. The highest BCUT2D eigenvalue weighted by Gasteiger charge is 2.31. The van der Waals surface area contributed by atoms with Crippen molar-refractivity contribution in [3.05, 3.63) is 59.7 Å². The second-order valence-corrected chi connectivity index (χ2v) is 6.46. The topological polar surface area (TPSA) is 69.6 Å². The molecule has 7 heteroatoms. The first-order valence-corrected chi connectivity index (χ1v) is 8.71. The minimum Gasteiger partial charge on any atom is -0.394 e. The van der Waals surface area contributed by atoms with Crippen LogP contribution in [0.15, 0.2) is 42.5 Å². The van der Waals surface area contributed by atoms with Gasteiger partial charge in [-0.3, -0.25) is 9.59 Å². The Labute approximate surface area is 155 Å². The molecule has 142 valence electrons. The minimum atomic E-state index is -0.675. The molecule has 0 aromatic heterocycles. The third kappa shape index (κ3) is 3.98. The number of hydrogen-bond donors (Lipinski definition) is 2. The van der Waals surface area contributed by atoms with Gasteiger partial charge in [0.25, 0.3) is 0 Å². The van der Waals surface area contributed by atoms with E-state index in [0.29, 0.717) is 30.5 Å². The van der Waals surface area contributed by atoms with E-state index in [1.807, 2.05) is 0 Å². The maximum atomic E-state index is 13.9. The average molecular weight is 374 g/mol. The summed E-state index contributed by atoms with van der Waals surface area (Å²) in [6.07, 6.45) is 1.99. The molecule has 0 bridgehead atoms. The van der Waals surface area contributed by atoms with Gasteiger partial charge in [0.1, 0.15) is 17.7 Å². The smallest absolute Gasteiger partial charge is 0.243 e. The number of halogens is 2. The van der Waals surface area contributed by atoms with Gasteiger partial charge < -0.3 is 15.3 Å². The summed E-state index contributed by atoms with van der Waals surface area (Å²) in [6, 6.07) is 8.74. The number of likely N-dealkylation sites (tertiary alicyclic amines) is 1. The Morgan fingerprint density at radius 1 is 1.22 bits per heavy atom. The lowest BCUT2D eigenvalue weighted by Crippen LogP contribution is -2.44. The van der Waals surface area contributed by atoms with Gasteiger partial charge >= 0.3 is 0 Å². The highest BCUT2D eigenvalue weighted by atomic mass is 19.1. The van der Waals surface area contributed by atoms with Gasteiger partial charge in [-0.1, -0.05) is 30.3 Å². The summed E-state index contributed by atoms with van der Waals surface area (Å²) in [5, 5.41) is 12.4. The van der Waals surface area contributed by atoms with Crippen molar-refractivity contribution in [1.82, 2.24) is 10.2 Å². The number of amides is 2. The summed E-state index contributed by atoms with van der Waals surface area (Å²) in [6.45, 7) is 0.196. The molecule has 1 aliphatic rings. The summed E-state index contributed by atoms with van der Waals surface area (Å²) in [5.41, 5.74) is 0.837. The first-order chi connectivity index (χ1) is 13.0. The number of aliphatic hydroxyl groups is 1. The van der Waals surface area contributed by atoms with Crippen LogP contribution in [0, 0.1) is 11.6 Å². The van der Waals surface area contributed by atoms with Crippen LogP contribution in [0.1, 0.15) is 24.4 Å². The van der Waals surface area contributed by atoms with Gasteiger partial charge in [-0.05, 0) is 36.1 Å². The van der Waals surface area contributed by atoms with E-state index in [9.17, 15) is 23.5 Å². The summed E-state index contributed by atoms with van der Waals surface area (Å²) in [7, 11) is 0. The monoisotopic (exact) mass is 374 g/mol. The number of nitrogens with one attached hydrogen (secondary N) is 1. The number of carbonyl (C=O) groups excluding carboxylic acids is 2. The Balaban J connectivity index is 1.76. The summed E-state index contributed by atoms with van der Waals surface area (Å²) in [5.74, 6) is -1.65. The van der Waals surface area contributed by atoms with E-state index in [1.54, 1.807) is 24.3 Å². The first-order valence-electron chi connectivity index (χ1n) is 8.71. The van der Waals surface area contributed by atoms with E-state index >= 15 is 0 Å². The fraction of sp³-hybridized carbons (Fsp3) is 0.300. The van der Waals surface area contributed by atoms with Crippen LogP contribution in [0.2, 0.25) is 0 Å². The fourth-order valence-corrected chi connectivity index (χ4v) is 3.35. The lowest BCUT2D eigenvalue weighted by molar-refractivity contribution is -0.131. The molecule has 0 radical (unpaired) electrons. The van der Waals surface area contributed by atoms with E-state index < -0.39 is 23.7 Å². The van der Waals surface area contributed by atoms with E-state index in [2.05, 4.69) is 5.32 Å². The van der Waals surface area contributed by atoms with Crippen LogP contribution in [-0.4, -0.2) is 41.5 Å². The van der Waals surface area contributed by atoms with Crippen LogP contribution in [0.5, 0.6) is 0 Å². The highest BCUT2D eigenvalue weighted by Crippen LogP contribution is 2.27. The van der Waals surface area contributed by atoms with Crippen molar-refractivity contribution in [3.63, 3.8) is 0 Å². The van der Waals surface area contributed by atoms with Crippen molar-refractivity contribution in [3.8, 4) is 11.1 Å². The Hall–Kier alpha value is -2.80. The molecule has 2 aromatic rings. The quantitative estimate of drug-likeness (QED) is 0.763. The third-order valence-electron chi connectivity index (χ3n) is 4.80. The number of nitrogens with zero attached hydrogens (tertiary/aromatic N) is 1. The van der Waals surface area contributed by atoms with Crippen LogP contribution >= 0.6 is 0 Å². The van der Waals surface area contributed by atoms with Gasteiger partial charge in [0, 0.05) is 6.54 Å². The Bertz CT molecular complexity index is 806. The van der Waals surface area contributed by atoms with E-state index in [-0.39, 0.29) is 18.1 Å². The zero-order valence-electron chi connectivity index (χ0n) is 14.6. The number of benzene rings is 2. The molecule has 5 nitrogen and oxygen atoms in total. The van der Waals surface area contributed by atoms with Crippen molar-refractivity contribution in [2.45, 2.75) is 24.9 Å². The molecule has 1 heterocycles. The molecule has 2 amide bonds. The van der Waals surface area contributed by atoms with Crippen molar-refractivity contribution < 1.29 is 23.5 Å². The fourth-order valence-electron chi connectivity index (χ4n) is 3.35. The zero-order valence-corrected chi connectivity index (χ0v) is 14.6. The molecular weight excluding hydrogens is 354 g/mol. The molecule has 0 spiro atoms. The molecule has 2 unspecified atom stereocenters. The minimum absolute atomic E-state index is 0.124. The maximum absolute atomic E-state index is 13.9. The number of aliphatic hydroxyl groups excluding tert-OH is 1. The van der Waals surface area contributed by atoms with E-state index in [0.717, 1.165) is 6.42 Å². The molecule has 0 saturated carbocycles. The lowest BCUT2D eigenvalue weighted by Gasteiger charge is -2.23. The first kappa shape index (κ1) is 19.0. The molecule has 2 N–H and O–H groups in total. The predicted molar refractivity (Wildman–Crippen MR) is 95.6 cm³/mol. The number of hydrogen-bond acceptors (Lipinski definition) is 3. The highest BCUT2D eigenvalue weighted by molar-refractivity contribution is 5.84. The van der Waals surface area contributed by atoms with Crippen LogP contribution in [-0.2, 0) is 9.59 Å². The van der Waals surface area contributed by atoms with E-state index in [4.69, 9.17) is 0 Å². The molecule has 1 saturated heterocycles. The summed E-state index contributed by atoms with van der Waals surface area (Å²) in [4.78, 5) is 24.9.